The molecule has 1 aromatic heterocycles. The first-order chi connectivity index (χ1) is 13.9. The summed E-state index contributed by atoms with van der Waals surface area (Å²) in [5.41, 5.74) is 1.07. The van der Waals surface area contributed by atoms with Crippen LogP contribution in [0.2, 0.25) is 0 Å². The summed E-state index contributed by atoms with van der Waals surface area (Å²) in [4.78, 5) is 22.0. The van der Waals surface area contributed by atoms with Gasteiger partial charge in [0.1, 0.15) is 0 Å². The van der Waals surface area contributed by atoms with Gasteiger partial charge in [-0.05, 0) is 58.3 Å². The number of sulfone groups is 1. The van der Waals surface area contributed by atoms with E-state index in [0.29, 0.717) is 18.9 Å². The summed E-state index contributed by atoms with van der Waals surface area (Å²) in [5, 5.41) is 1.20. The molecule has 2 aromatic rings. The molecule has 2 aliphatic heterocycles. The van der Waals surface area contributed by atoms with E-state index < -0.39 is 9.84 Å². The number of piperidine rings is 1. The predicted octanol–water partition coefficient (Wildman–Crippen LogP) is 2.90. The van der Waals surface area contributed by atoms with Gasteiger partial charge in [-0.15, -0.1) is 11.3 Å². The van der Waals surface area contributed by atoms with E-state index in [2.05, 4.69) is 23.1 Å². The van der Waals surface area contributed by atoms with Gasteiger partial charge in [-0.3, -0.25) is 9.69 Å². The summed E-state index contributed by atoms with van der Waals surface area (Å²) in [7, 11) is -3.00. The quantitative estimate of drug-likeness (QED) is 0.722. The number of fused-ring (bicyclic) bond motifs is 1. The van der Waals surface area contributed by atoms with Crippen LogP contribution in [-0.4, -0.2) is 72.3 Å². The monoisotopic (exact) mass is 435 g/mol. The number of hydrogen-bond donors (Lipinski definition) is 0. The maximum absolute atomic E-state index is 13.1. The Morgan fingerprint density at radius 1 is 1.28 bits per heavy atom. The zero-order valence-corrected chi connectivity index (χ0v) is 18.7. The van der Waals surface area contributed by atoms with Crippen molar-refractivity contribution >= 4 is 37.3 Å². The molecule has 0 saturated carbocycles. The lowest BCUT2D eigenvalue weighted by Gasteiger charge is -2.38. The van der Waals surface area contributed by atoms with Crippen molar-refractivity contribution in [3.05, 3.63) is 29.3 Å². The highest BCUT2D eigenvalue weighted by atomic mass is 32.2. The van der Waals surface area contributed by atoms with Crippen LogP contribution in [0.25, 0.3) is 10.2 Å². The molecule has 0 aliphatic carbocycles. The number of para-hydroxylation sites is 1. The number of rotatable bonds is 5. The van der Waals surface area contributed by atoms with Gasteiger partial charge in [-0.1, -0.05) is 12.1 Å². The largest absolute Gasteiger partial charge is 0.338 e. The van der Waals surface area contributed by atoms with Gasteiger partial charge in [0.25, 0.3) is 0 Å². The SMILES string of the molecule is CCN(C(=O)[C@@H](C)N1CCC(c2nc3ccccc3s2)CC1)[C@@H]1CCS(=O)(=O)C1. The predicted molar refractivity (Wildman–Crippen MR) is 117 cm³/mol. The second-order valence-corrected chi connectivity index (χ2v) is 11.5. The van der Waals surface area contributed by atoms with Crippen molar-refractivity contribution in [2.45, 2.75) is 51.1 Å². The molecular weight excluding hydrogens is 406 g/mol. The molecule has 29 heavy (non-hydrogen) atoms. The number of carbonyl (C=O) groups excluding carboxylic acids is 1. The number of amides is 1. The molecule has 1 aromatic carbocycles. The van der Waals surface area contributed by atoms with Crippen molar-refractivity contribution in [2.24, 2.45) is 0 Å². The first-order valence-electron chi connectivity index (χ1n) is 10.5. The van der Waals surface area contributed by atoms with Crippen molar-refractivity contribution in [2.75, 3.05) is 31.1 Å². The van der Waals surface area contributed by atoms with E-state index in [1.165, 1.54) is 9.71 Å². The van der Waals surface area contributed by atoms with Gasteiger partial charge in [-0.2, -0.15) is 0 Å². The van der Waals surface area contributed by atoms with Crippen LogP contribution in [0.3, 0.4) is 0 Å². The van der Waals surface area contributed by atoms with Crippen LogP contribution in [0.15, 0.2) is 24.3 Å². The molecule has 2 aliphatic rings. The van der Waals surface area contributed by atoms with Gasteiger partial charge < -0.3 is 4.90 Å². The number of aromatic nitrogens is 1. The van der Waals surface area contributed by atoms with Crippen LogP contribution >= 0.6 is 11.3 Å². The van der Waals surface area contributed by atoms with Gasteiger partial charge in [0, 0.05) is 18.5 Å². The number of thiazole rings is 1. The molecule has 0 spiro atoms. The van der Waals surface area contributed by atoms with Crippen LogP contribution in [0, 0.1) is 0 Å². The van der Waals surface area contributed by atoms with Crippen molar-refractivity contribution in [1.29, 1.82) is 0 Å². The van der Waals surface area contributed by atoms with Gasteiger partial charge in [0.2, 0.25) is 5.91 Å². The Morgan fingerprint density at radius 3 is 2.62 bits per heavy atom. The molecule has 6 nitrogen and oxygen atoms in total. The number of likely N-dealkylation sites (N-methyl/N-ethyl adjacent to an activating group) is 1. The summed E-state index contributed by atoms with van der Waals surface area (Å²) < 4.78 is 24.9. The Kier molecular flexibility index (Phi) is 5.95. The average Bonchev–Trinajstić information content (AvgIpc) is 3.31. The lowest BCUT2D eigenvalue weighted by atomic mass is 9.96. The highest BCUT2D eigenvalue weighted by Crippen LogP contribution is 2.34. The van der Waals surface area contributed by atoms with Crippen LogP contribution in [0.4, 0.5) is 0 Å². The zero-order valence-electron chi connectivity index (χ0n) is 17.1. The second-order valence-electron chi connectivity index (χ2n) is 8.19. The minimum atomic E-state index is -3.00. The highest BCUT2D eigenvalue weighted by Gasteiger charge is 2.37. The maximum atomic E-state index is 13.1. The summed E-state index contributed by atoms with van der Waals surface area (Å²) in [6.45, 7) is 6.20. The average molecular weight is 436 g/mol. The molecule has 1 amide bonds. The molecule has 4 rings (SSSR count). The summed E-state index contributed by atoms with van der Waals surface area (Å²) >= 11 is 1.78. The van der Waals surface area contributed by atoms with E-state index >= 15 is 0 Å². The maximum Gasteiger partial charge on any atom is 0.239 e. The standard InChI is InChI=1S/C21H29N3O3S2/c1-3-24(17-10-13-29(26,27)14-17)21(25)15(2)23-11-8-16(9-12-23)20-22-18-6-4-5-7-19(18)28-20/h4-7,15-17H,3,8-14H2,1-2H3/t15-,17-/m1/s1. The molecule has 0 unspecified atom stereocenters. The molecule has 158 valence electrons. The van der Waals surface area contributed by atoms with Gasteiger partial charge in [0.15, 0.2) is 9.84 Å². The number of carbonyl (C=O) groups is 1. The van der Waals surface area contributed by atoms with Gasteiger partial charge in [0.05, 0.1) is 32.8 Å². The van der Waals surface area contributed by atoms with E-state index in [1.54, 1.807) is 16.2 Å². The molecule has 0 radical (unpaired) electrons. The number of hydrogen-bond acceptors (Lipinski definition) is 6. The number of nitrogens with zero attached hydrogens (tertiary/aromatic N) is 3. The van der Waals surface area contributed by atoms with E-state index in [4.69, 9.17) is 4.98 Å². The topological polar surface area (TPSA) is 70.6 Å². The van der Waals surface area contributed by atoms with E-state index in [9.17, 15) is 13.2 Å². The Hall–Kier alpha value is -1.51. The third-order valence-corrected chi connectivity index (χ3v) is 9.32. The van der Waals surface area contributed by atoms with Crippen molar-refractivity contribution in [1.82, 2.24) is 14.8 Å². The van der Waals surface area contributed by atoms with Gasteiger partial charge in [-0.25, -0.2) is 13.4 Å². The first kappa shape index (κ1) is 20.8. The zero-order chi connectivity index (χ0) is 20.6. The normalized spacial score (nSPS) is 24.0. The molecular formula is C21H29N3O3S2. The highest BCUT2D eigenvalue weighted by molar-refractivity contribution is 7.91. The van der Waals surface area contributed by atoms with Crippen LogP contribution in [0.1, 0.15) is 44.0 Å². The third-order valence-electron chi connectivity index (χ3n) is 6.37. The summed E-state index contributed by atoms with van der Waals surface area (Å²) in [6, 6.07) is 7.88. The molecule has 2 saturated heterocycles. The Balaban J connectivity index is 1.37. The minimum absolute atomic E-state index is 0.0630. The fraction of sp³-hybridized carbons (Fsp3) is 0.619. The van der Waals surface area contributed by atoms with Gasteiger partial charge >= 0.3 is 0 Å². The third kappa shape index (κ3) is 4.34. The van der Waals surface area contributed by atoms with E-state index in [0.717, 1.165) is 31.4 Å². The Morgan fingerprint density at radius 2 is 2.00 bits per heavy atom. The lowest BCUT2D eigenvalue weighted by Crippen LogP contribution is -2.52. The molecule has 2 fully saturated rings. The lowest BCUT2D eigenvalue weighted by molar-refractivity contribution is -0.138. The molecule has 8 heteroatoms. The smallest absolute Gasteiger partial charge is 0.239 e. The van der Waals surface area contributed by atoms with Crippen LogP contribution in [-0.2, 0) is 14.6 Å². The molecule has 2 atom stereocenters. The number of likely N-dealkylation sites (tertiary alicyclic amines) is 1. The minimum Gasteiger partial charge on any atom is -0.338 e. The van der Waals surface area contributed by atoms with Crippen LogP contribution < -0.4 is 0 Å². The first-order valence-corrected chi connectivity index (χ1v) is 13.1. The molecule has 3 heterocycles. The summed E-state index contributed by atoms with van der Waals surface area (Å²) in [5.74, 6) is 0.823. The second kappa shape index (κ2) is 8.32. The van der Waals surface area contributed by atoms with Crippen molar-refractivity contribution < 1.29 is 13.2 Å². The van der Waals surface area contributed by atoms with E-state index in [-0.39, 0.29) is 29.5 Å². The molecule has 0 bridgehead atoms. The Bertz CT molecular complexity index is 947. The van der Waals surface area contributed by atoms with Crippen molar-refractivity contribution in [3.63, 3.8) is 0 Å². The fourth-order valence-electron chi connectivity index (χ4n) is 4.61. The van der Waals surface area contributed by atoms with Crippen molar-refractivity contribution in [3.8, 4) is 0 Å². The Labute approximate surface area is 176 Å². The summed E-state index contributed by atoms with van der Waals surface area (Å²) in [6.07, 6.45) is 2.57. The van der Waals surface area contributed by atoms with E-state index in [1.807, 2.05) is 19.9 Å². The van der Waals surface area contributed by atoms with Crippen LogP contribution in [0.5, 0.6) is 0 Å². The molecule has 0 N–H and O–H groups in total. The number of benzene rings is 1. The fourth-order valence-corrected chi connectivity index (χ4v) is 7.48.